The molecular weight excluding hydrogens is 719 g/mol. The SMILES string of the molecule is Cc1cc(-c2ncccn2)c(C)cc1-c1ccc(-n2c3ccc(N(c4ccccc4)c4ccccc4)cc3c3cc(N(c4ccccc4)c4ccccc4)ccc32)cc1. The van der Waals surface area contributed by atoms with Crippen LogP contribution in [0.4, 0.5) is 34.1 Å². The number of fused-ring (bicyclic) bond motifs is 3. The summed E-state index contributed by atoms with van der Waals surface area (Å²) < 4.78 is 2.40. The third-order valence-corrected chi connectivity index (χ3v) is 11.1. The number of para-hydroxylation sites is 4. The van der Waals surface area contributed by atoms with Crippen LogP contribution < -0.4 is 9.80 Å². The molecule has 0 aliphatic heterocycles. The van der Waals surface area contributed by atoms with Crippen molar-refractivity contribution in [2.45, 2.75) is 13.8 Å². The molecule has 0 aliphatic rings. The quantitative estimate of drug-likeness (QED) is 0.147. The molecule has 0 radical (unpaired) electrons. The number of nitrogens with zero attached hydrogens (tertiary/aromatic N) is 5. The van der Waals surface area contributed by atoms with Crippen LogP contribution >= 0.6 is 0 Å². The second-order valence-electron chi connectivity index (χ2n) is 14.9. The monoisotopic (exact) mass is 759 g/mol. The van der Waals surface area contributed by atoms with E-state index in [1.807, 2.05) is 6.07 Å². The largest absolute Gasteiger partial charge is 0.310 e. The van der Waals surface area contributed by atoms with E-state index in [2.05, 4.69) is 232 Å². The fourth-order valence-electron chi connectivity index (χ4n) is 8.35. The van der Waals surface area contributed by atoms with Gasteiger partial charge in [-0.05, 0) is 145 Å². The zero-order chi connectivity index (χ0) is 39.7. The van der Waals surface area contributed by atoms with Gasteiger partial charge in [0.05, 0.1) is 11.0 Å². The number of benzene rings is 8. The van der Waals surface area contributed by atoms with E-state index in [-0.39, 0.29) is 0 Å². The molecule has 2 heterocycles. The molecule has 0 saturated heterocycles. The Morgan fingerprint density at radius 1 is 0.373 bits per heavy atom. The predicted octanol–water partition coefficient (Wildman–Crippen LogP) is 14.5. The smallest absolute Gasteiger partial charge is 0.159 e. The minimum atomic E-state index is 0.749. The molecule has 0 fully saturated rings. The Morgan fingerprint density at radius 2 is 0.780 bits per heavy atom. The molecule has 10 rings (SSSR count). The normalized spacial score (nSPS) is 11.2. The van der Waals surface area contributed by atoms with Crippen molar-refractivity contribution in [3.8, 4) is 28.2 Å². The highest BCUT2D eigenvalue weighted by Gasteiger charge is 2.20. The van der Waals surface area contributed by atoms with Crippen LogP contribution in [0.1, 0.15) is 11.1 Å². The van der Waals surface area contributed by atoms with Crippen molar-refractivity contribution < 1.29 is 0 Å². The van der Waals surface area contributed by atoms with Crippen LogP contribution in [0, 0.1) is 13.8 Å². The van der Waals surface area contributed by atoms with Gasteiger partial charge in [-0.3, -0.25) is 0 Å². The predicted molar refractivity (Wildman–Crippen MR) is 246 cm³/mol. The summed E-state index contributed by atoms with van der Waals surface area (Å²) in [5.74, 6) is 0.749. The minimum Gasteiger partial charge on any atom is -0.310 e. The molecule has 0 aliphatic carbocycles. The molecule has 8 aromatic carbocycles. The molecule has 0 atom stereocenters. The summed E-state index contributed by atoms with van der Waals surface area (Å²) in [6, 6.07) is 71.5. The van der Waals surface area contributed by atoms with Crippen LogP contribution in [0.2, 0.25) is 0 Å². The second-order valence-corrected chi connectivity index (χ2v) is 14.9. The maximum Gasteiger partial charge on any atom is 0.159 e. The first kappa shape index (κ1) is 35.6. The first-order valence-electron chi connectivity index (χ1n) is 20.0. The highest BCUT2D eigenvalue weighted by Crippen LogP contribution is 2.43. The Kier molecular flexibility index (Phi) is 9.24. The molecule has 0 unspecified atom stereocenters. The zero-order valence-corrected chi connectivity index (χ0v) is 32.9. The summed E-state index contributed by atoms with van der Waals surface area (Å²) in [6.07, 6.45) is 3.59. The molecule has 0 saturated carbocycles. The lowest BCUT2D eigenvalue weighted by atomic mass is 9.94. The summed E-state index contributed by atoms with van der Waals surface area (Å²) in [7, 11) is 0. The molecule has 282 valence electrons. The van der Waals surface area contributed by atoms with Gasteiger partial charge in [-0.1, -0.05) is 91.0 Å². The molecule has 59 heavy (non-hydrogen) atoms. The Bertz CT molecular complexity index is 2820. The first-order chi connectivity index (χ1) is 29.1. The third kappa shape index (κ3) is 6.69. The lowest BCUT2D eigenvalue weighted by molar-refractivity contribution is 1.16. The molecule has 0 bridgehead atoms. The highest BCUT2D eigenvalue weighted by atomic mass is 15.1. The number of rotatable bonds is 9. The van der Waals surface area contributed by atoms with Gasteiger partial charge in [0.2, 0.25) is 0 Å². The van der Waals surface area contributed by atoms with Gasteiger partial charge < -0.3 is 14.4 Å². The fourth-order valence-corrected chi connectivity index (χ4v) is 8.35. The van der Waals surface area contributed by atoms with E-state index in [0.29, 0.717) is 0 Å². The standard InChI is InChI=1S/C54H41N5/c1-38-35-49(54-55-32-15-33-56-54)39(2)34-48(38)40-24-26-45(27-25-40)59-52-30-28-46(57(41-16-7-3-8-17-41)42-18-9-4-10-19-42)36-50(52)51-37-47(29-31-53(51)59)58(43-20-11-5-12-21-43)44-22-13-6-14-23-44/h3-37H,1-2H3. The lowest BCUT2D eigenvalue weighted by Gasteiger charge is -2.26. The molecular formula is C54H41N5. The average Bonchev–Trinajstić information content (AvgIpc) is 3.62. The Labute approximate surface area is 344 Å². The first-order valence-corrected chi connectivity index (χ1v) is 20.0. The van der Waals surface area contributed by atoms with Crippen molar-refractivity contribution in [3.63, 3.8) is 0 Å². The van der Waals surface area contributed by atoms with E-state index < -0.39 is 0 Å². The number of hydrogen-bond acceptors (Lipinski definition) is 4. The van der Waals surface area contributed by atoms with Gasteiger partial charge in [-0.2, -0.15) is 0 Å². The molecule has 10 aromatic rings. The van der Waals surface area contributed by atoms with Gasteiger partial charge in [0.25, 0.3) is 0 Å². The number of aryl methyl sites for hydroxylation is 2. The van der Waals surface area contributed by atoms with Gasteiger partial charge in [-0.25, -0.2) is 9.97 Å². The molecule has 0 spiro atoms. The van der Waals surface area contributed by atoms with Crippen LogP contribution in [0.25, 0.3) is 50.0 Å². The summed E-state index contributed by atoms with van der Waals surface area (Å²) >= 11 is 0. The number of hydrogen-bond donors (Lipinski definition) is 0. The molecule has 0 amide bonds. The average molecular weight is 760 g/mol. The maximum absolute atomic E-state index is 4.52. The highest BCUT2D eigenvalue weighted by molar-refractivity contribution is 6.12. The van der Waals surface area contributed by atoms with Crippen molar-refractivity contribution in [3.05, 3.63) is 224 Å². The van der Waals surface area contributed by atoms with Crippen molar-refractivity contribution in [2.24, 2.45) is 0 Å². The van der Waals surface area contributed by atoms with E-state index in [4.69, 9.17) is 0 Å². The summed E-state index contributed by atoms with van der Waals surface area (Å²) in [5.41, 5.74) is 15.7. The van der Waals surface area contributed by atoms with Crippen molar-refractivity contribution in [1.82, 2.24) is 14.5 Å². The van der Waals surface area contributed by atoms with Crippen molar-refractivity contribution >= 4 is 55.9 Å². The van der Waals surface area contributed by atoms with E-state index in [1.54, 1.807) is 12.4 Å². The Morgan fingerprint density at radius 3 is 1.22 bits per heavy atom. The van der Waals surface area contributed by atoms with Crippen LogP contribution in [0.5, 0.6) is 0 Å². The molecule has 0 N–H and O–H groups in total. The van der Waals surface area contributed by atoms with Crippen LogP contribution in [0.3, 0.4) is 0 Å². The van der Waals surface area contributed by atoms with E-state index in [9.17, 15) is 0 Å². The van der Waals surface area contributed by atoms with Crippen LogP contribution in [-0.2, 0) is 0 Å². The third-order valence-electron chi connectivity index (χ3n) is 11.1. The second kappa shape index (κ2) is 15.3. The van der Waals surface area contributed by atoms with Crippen molar-refractivity contribution in [1.29, 1.82) is 0 Å². The molecule has 5 heteroatoms. The van der Waals surface area contributed by atoms with Gasteiger partial charge >= 0.3 is 0 Å². The fraction of sp³-hybridized carbons (Fsp3) is 0.0370. The summed E-state index contributed by atoms with van der Waals surface area (Å²) in [4.78, 5) is 13.7. The summed E-state index contributed by atoms with van der Waals surface area (Å²) in [6.45, 7) is 4.30. The van der Waals surface area contributed by atoms with Crippen LogP contribution in [0.15, 0.2) is 213 Å². The number of anilines is 6. The number of aromatic nitrogens is 3. The van der Waals surface area contributed by atoms with E-state index >= 15 is 0 Å². The minimum absolute atomic E-state index is 0.749. The van der Waals surface area contributed by atoms with Gasteiger partial charge in [-0.15, -0.1) is 0 Å². The molecule has 2 aromatic heterocycles. The maximum atomic E-state index is 4.52. The van der Waals surface area contributed by atoms with Gasteiger partial charge in [0, 0.05) is 68.5 Å². The van der Waals surface area contributed by atoms with Gasteiger partial charge in [0.1, 0.15) is 0 Å². The lowest BCUT2D eigenvalue weighted by Crippen LogP contribution is -2.09. The van der Waals surface area contributed by atoms with Crippen LogP contribution in [-0.4, -0.2) is 14.5 Å². The Hall–Kier alpha value is -7.76. The van der Waals surface area contributed by atoms with Gasteiger partial charge in [0.15, 0.2) is 5.82 Å². The molecule has 5 nitrogen and oxygen atoms in total. The van der Waals surface area contributed by atoms with E-state index in [1.165, 1.54) is 27.5 Å². The summed E-state index contributed by atoms with van der Waals surface area (Å²) in [5, 5.41) is 2.35. The topological polar surface area (TPSA) is 37.2 Å². The van der Waals surface area contributed by atoms with E-state index in [0.717, 1.165) is 67.8 Å². The van der Waals surface area contributed by atoms with Crippen molar-refractivity contribution in [2.75, 3.05) is 9.80 Å². The zero-order valence-electron chi connectivity index (χ0n) is 32.9. The Balaban J connectivity index is 1.15.